The first-order chi connectivity index (χ1) is 8.43. The van der Waals surface area contributed by atoms with E-state index in [0.29, 0.717) is 25.6 Å². The highest BCUT2D eigenvalue weighted by atomic mass is 16.4. The summed E-state index contributed by atoms with van der Waals surface area (Å²) in [7, 11) is 2.04. The zero-order valence-electron chi connectivity index (χ0n) is 11.3. The van der Waals surface area contributed by atoms with Gasteiger partial charge in [-0.3, -0.25) is 4.79 Å². The highest BCUT2D eigenvalue weighted by Crippen LogP contribution is 2.08. The Bertz CT molecular complexity index is 309. The number of carboxylic acid groups (broad SMARTS) is 1. The molecule has 6 heteroatoms. The molecule has 1 saturated heterocycles. The minimum Gasteiger partial charge on any atom is -0.481 e. The minimum absolute atomic E-state index is 0.0223. The van der Waals surface area contributed by atoms with Gasteiger partial charge >= 0.3 is 12.0 Å². The molecule has 1 heterocycles. The number of carboxylic acids is 1. The summed E-state index contributed by atoms with van der Waals surface area (Å²) < 4.78 is 0. The number of piperazine rings is 1. The number of urea groups is 1. The van der Waals surface area contributed by atoms with Crippen LogP contribution in [0.2, 0.25) is 0 Å². The van der Waals surface area contributed by atoms with Gasteiger partial charge in [0.05, 0.1) is 6.42 Å². The molecule has 0 bridgehead atoms. The molecule has 0 spiro atoms. The fourth-order valence-corrected chi connectivity index (χ4v) is 2.01. The molecular formula is C12H23N3O3. The fourth-order valence-electron chi connectivity index (χ4n) is 2.01. The van der Waals surface area contributed by atoms with E-state index in [0.717, 1.165) is 6.54 Å². The van der Waals surface area contributed by atoms with Crippen LogP contribution in [0.15, 0.2) is 0 Å². The first-order valence-corrected chi connectivity index (χ1v) is 6.41. The first-order valence-electron chi connectivity index (χ1n) is 6.41. The summed E-state index contributed by atoms with van der Waals surface area (Å²) in [6.07, 6.45) is 0.604. The lowest BCUT2D eigenvalue weighted by Crippen LogP contribution is -2.55. The van der Waals surface area contributed by atoms with Gasteiger partial charge in [-0.2, -0.15) is 0 Å². The number of likely N-dealkylation sites (N-methyl/N-ethyl adjacent to an activating group) is 1. The number of nitrogens with zero attached hydrogens (tertiary/aromatic N) is 2. The molecule has 1 fully saturated rings. The molecule has 0 aromatic carbocycles. The zero-order valence-corrected chi connectivity index (χ0v) is 11.3. The highest BCUT2D eigenvalue weighted by molar-refractivity contribution is 5.76. The van der Waals surface area contributed by atoms with Crippen LogP contribution < -0.4 is 5.32 Å². The predicted octanol–water partition coefficient (Wildman–Crippen LogP) is 0.585. The van der Waals surface area contributed by atoms with Crippen molar-refractivity contribution in [3.05, 3.63) is 0 Å². The summed E-state index contributed by atoms with van der Waals surface area (Å²) in [5.41, 5.74) is 0. The van der Waals surface area contributed by atoms with E-state index >= 15 is 0 Å². The van der Waals surface area contributed by atoms with Crippen molar-refractivity contribution in [3.63, 3.8) is 0 Å². The lowest BCUT2D eigenvalue weighted by molar-refractivity contribution is -0.137. The van der Waals surface area contributed by atoms with Crippen LogP contribution >= 0.6 is 0 Å². The number of carbonyl (C=O) groups is 2. The molecule has 0 aromatic heterocycles. The SMILES string of the molecule is CCC(CC(=O)O)NC(=O)N1CCN(C)C(C)C1. The van der Waals surface area contributed by atoms with Crippen molar-refractivity contribution in [2.24, 2.45) is 0 Å². The van der Waals surface area contributed by atoms with E-state index in [9.17, 15) is 9.59 Å². The number of amides is 2. The molecule has 18 heavy (non-hydrogen) atoms. The Hall–Kier alpha value is -1.30. The van der Waals surface area contributed by atoms with E-state index in [4.69, 9.17) is 5.11 Å². The predicted molar refractivity (Wildman–Crippen MR) is 68.5 cm³/mol. The average Bonchev–Trinajstić information content (AvgIpc) is 2.31. The Morgan fingerprint density at radius 1 is 1.44 bits per heavy atom. The van der Waals surface area contributed by atoms with Gasteiger partial charge in [0.15, 0.2) is 0 Å². The van der Waals surface area contributed by atoms with Crippen molar-refractivity contribution in [1.29, 1.82) is 0 Å². The first kappa shape index (κ1) is 14.8. The summed E-state index contributed by atoms with van der Waals surface area (Å²) in [5.74, 6) is -0.881. The van der Waals surface area contributed by atoms with Gasteiger partial charge in [-0.05, 0) is 20.4 Å². The molecule has 0 aromatic rings. The van der Waals surface area contributed by atoms with E-state index in [1.54, 1.807) is 4.90 Å². The molecule has 0 radical (unpaired) electrons. The molecule has 0 aliphatic carbocycles. The standard InChI is InChI=1S/C12H23N3O3/c1-4-10(7-11(16)17)13-12(18)15-6-5-14(3)9(2)8-15/h9-10H,4-8H2,1-3H3,(H,13,18)(H,16,17). The van der Waals surface area contributed by atoms with Crippen molar-refractivity contribution >= 4 is 12.0 Å². The van der Waals surface area contributed by atoms with E-state index in [2.05, 4.69) is 17.1 Å². The van der Waals surface area contributed by atoms with Crippen molar-refractivity contribution in [2.45, 2.75) is 38.8 Å². The largest absolute Gasteiger partial charge is 0.481 e. The van der Waals surface area contributed by atoms with Crippen LogP contribution in [-0.2, 0) is 4.79 Å². The van der Waals surface area contributed by atoms with Crippen molar-refractivity contribution in [3.8, 4) is 0 Å². The smallest absolute Gasteiger partial charge is 0.317 e. The number of carbonyl (C=O) groups excluding carboxylic acids is 1. The van der Waals surface area contributed by atoms with Gasteiger partial charge in [0, 0.05) is 31.7 Å². The second kappa shape index (κ2) is 6.58. The number of aliphatic carboxylic acids is 1. The normalized spacial score (nSPS) is 22.6. The molecule has 1 rings (SSSR count). The topological polar surface area (TPSA) is 72.9 Å². The molecular weight excluding hydrogens is 234 g/mol. The van der Waals surface area contributed by atoms with Crippen LogP contribution in [0, 0.1) is 0 Å². The Morgan fingerprint density at radius 2 is 2.11 bits per heavy atom. The van der Waals surface area contributed by atoms with Crippen molar-refractivity contribution in [2.75, 3.05) is 26.7 Å². The average molecular weight is 257 g/mol. The molecule has 1 aliphatic rings. The minimum atomic E-state index is -0.881. The Morgan fingerprint density at radius 3 is 2.61 bits per heavy atom. The van der Waals surface area contributed by atoms with Crippen LogP contribution in [0.5, 0.6) is 0 Å². The van der Waals surface area contributed by atoms with Crippen LogP contribution in [0.25, 0.3) is 0 Å². The van der Waals surface area contributed by atoms with Gasteiger partial charge in [-0.15, -0.1) is 0 Å². The number of nitrogens with one attached hydrogen (secondary N) is 1. The van der Waals surface area contributed by atoms with Gasteiger partial charge in [0.25, 0.3) is 0 Å². The van der Waals surface area contributed by atoms with Crippen LogP contribution in [0.1, 0.15) is 26.7 Å². The van der Waals surface area contributed by atoms with Crippen molar-refractivity contribution in [1.82, 2.24) is 15.1 Å². The van der Waals surface area contributed by atoms with Gasteiger partial charge < -0.3 is 20.2 Å². The van der Waals surface area contributed by atoms with E-state index < -0.39 is 5.97 Å². The Labute approximate surface area is 108 Å². The van der Waals surface area contributed by atoms with E-state index in [1.165, 1.54) is 0 Å². The van der Waals surface area contributed by atoms with Crippen LogP contribution in [0.4, 0.5) is 4.79 Å². The van der Waals surface area contributed by atoms with E-state index in [-0.39, 0.29) is 18.5 Å². The quantitative estimate of drug-likeness (QED) is 0.773. The number of hydrogen-bond donors (Lipinski definition) is 2. The Balaban J connectivity index is 2.46. The third kappa shape index (κ3) is 4.18. The van der Waals surface area contributed by atoms with Crippen LogP contribution in [-0.4, -0.2) is 65.7 Å². The van der Waals surface area contributed by atoms with Gasteiger partial charge in [-0.25, -0.2) is 4.79 Å². The summed E-state index contributed by atoms with van der Waals surface area (Å²) in [5, 5.41) is 11.5. The number of rotatable bonds is 4. The molecule has 2 amide bonds. The second-order valence-electron chi connectivity index (χ2n) is 4.93. The fraction of sp³-hybridized carbons (Fsp3) is 0.833. The number of hydrogen-bond acceptors (Lipinski definition) is 3. The highest BCUT2D eigenvalue weighted by Gasteiger charge is 2.25. The third-order valence-electron chi connectivity index (χ3n) is 3.49. The van der Waals surface area contributed by atoms with Crippen LogP contribution in [0.3, 0.4) is 0 Å². The molecule has 104 valence electrons. The van der Waals surface area contributed by atoms with Gasteiger partial charge in [0.1, 0.15) is 0 Å². The second-order valence-corrected chi connectivity index (χ2v) is 4.93. The lowest BCUT2D eigenvalue weighted by Gasteiger charge is -2.38. The molecule has 1 aliphatic heterocycles. The third-order valence-corrected chi connectivity index (χ3v) is 3.49. The maximum absolute atomic E-state index is 12.0. The lowest BCUT2D eigenvalue weighted by atomic mass is 10.1. The maximum Gasteiger partial charge on any atom is 0.317 e. The molecule has 2 unspecified atom stereocenters. The maximum atomic E-state index is 12.0. The monoisotopic (exact) mass is 257 g/mol. The van der Waals surface area contributed by atoms with Crippen molar-refractivity contribution < 1.29 is 14.7 Å². The summed E-state index contributed by atoms with van der Waals surface area (Å²) in [6.45, 7) is 6.18. The molecule has 2 N–H and O–H groups in total. The summed E-state index contributed by atoms with van der Waals surface area (Å²) in [4.78, 5) is 26.6. The molecule has 0 saturated carbocycles. The molecule has 6 nitrogen and oxygen atoms in total. The Kier molecular flexibility index (Phi) is 5.40. The summed E-state index contributed by atoms with van der Waals surface area (Å²) >= 11 is 0. The summed E-state index contributed by atoms with van der Waals surface area (Å²) in [6, 6.07) is -0.0999. The molecule has 2 atom stereocenters. The van der Waals surface area contributed by atoms with E-state index in [1.807, 2.05) is 14.0 Å². The zero-order chi connectivity index (χ0) is 13.7. The van der Waals surface area contributed by atoms with Gasteiger partial charge in [0.2, 0.25) is 0 Å². The van der Waals surface area contributed by atoms with Gasteiger partial charge in [-0.1, -0.05) is 6.92 Å².